The predicted octanol–water partition coefficient (Wildman–Crippen LogP) is 2.22. The highest BCUT2D eigenvalue weighted by Crippen LogP contribution is 2.05. The Morgan fingerprint density at radius 2 is 2.00 bits per heavy atom. The second kappa shape index (κ2) is 7.81. The van der Waals surface area contributed by atoms with Crippen LogP contribution in [0.3, 0.4) is 0 Å². The first kappa shape index (κ1) is 16.4. The molecule has 1 unspecified atom stereocenters. The van der Waals surface area contributed by atoms with Gasteiger partial charge in [-0.1, -0.05) is 30.3 Å². The van der Waals surface area contributed by atoms with Gasteiger partial charge in [-0.25, -0.2) is 13.1 Å². The third kappa shape index (κ3) is 7.06. The number of carbonyl (C=O) groups is 1. The van der Waals surface area contributed by atoms with Crippen LogP contribution in [0.4, 0.5) is 0 Å². The second-order valence-corrected chi connectivity index (χ2v) is 6.16. The van der Waals surface area contributed by atoms with E-state index >= 15 is 0 Å². The lowest BCUT2D eigenvalue weighted by Gasteiger charge is -2.11. The molecular formula is C14H19NO4S. The molecular weight excluding hydrogens is 278 g/mol. The standard InChI is InChI=1S/C14H19NO4S/c1-12(6-5-9-14(16)17)15-20(18,19)11-10-13-7-3-2-4-8-13/h2-4,7-8,10-12,15H,5-6,9H2,1H3,(H,16,17)/b11-10+. The van der Waals surface area contributed by atoms with Crippen molar-refractivity contribution in [2.24, 2.45) is 0 Å². The fraction of sp³-hybridized carbons (Fsp3) is 0.357. The van der Waals surface area contributed by atoms with Crippen molar-refractivity contribution in [2.45, 2.75) is 32.2 Å². The van der Waals surface area contributed by atoms with Crippen LogP contribution in [0.15, 0.2) is 35.7 Å². The first-order chi connectivity index (χ1) is 9.39. The topological polar surface area (TPSA) is 83.5 Å². The fourth-order valence-electron chi connectivity index (χ4n) is 1.67. The van der Waals surface area contributed by atoms with Crippen molar-refractivity contribution < 1.29 is 18.3 Å². The minimum Gasteiger partial charge on any atom is -0.481 e. The highest BCUT2D eigenvalue weighted by Gasteiger charge is 2.11. The van der Waals surface area contributed by atoms with E-state index in [1.807, 2.05) is 30.3 Å². The van der Waals surface area contributed by atoms with Crippen molar-refractivity contribution in [2.75, 3.05) is 0 Å². The summed E-state index contributed by atoms with van der Waals surface area (Å²) in [6.45, 7) is 1.72. The largest absolute Gasteiger partial charge is 0.481 e. The summed E-state index contributed by atoms with van der Waals surface area (Å²) in [5, 5.41) is 9.64. The number of hydrogen-bond acceptors (Lipinski definition) is 3. The molecule has 1 atom stereocenters. The molecule has 0 fully saturated rings. The Labute approximate surface area is 119 Å². The quantitative estimate of drug-likeness (QED) is 0.770. The van der Waals surface area contributed by atoms with E-state index in [0.29, 0.717) is 12.8 Å². The Bertz CT molecular complexity index is 552. The summed E-state index contributed by atoms with van der Waals surface area (Å²) in [6.07, 6.45) is 2.50. The average molecular weight is 297 g/mol. The molecule has 0 aromatic heterocycles. The number of benzene rings is 1. The predicted molar refractivity (Wildman–Crippen MR) is 78.5 cm³/mol. The molecule has 0 heterocycles. The van der Waals surface area contributed by atoms with Crippen molar-refractivity contribution in [3.05, 3.63) is 41.3 Å². The first-order valence-electron chi connectivity index (χ1n) is 6.36. The van der Waals surface area contributed by atoms with E-state index in [-0.39, 0.29) is 12.5 Å². The maximum atomic E-state index is 11.8. The van der Waals surface area contributed by atoms with Gasteiger partial charge in [-0.2, -0.15) is 0 Å². The molecule has 0 bridgehead atoms. The van der Waals surface area contributed by atoms with Gasteiger partial charge in [0.2, 0.25) is 10.0 Å². The molecule has 0 aliphatic rings. The van der Waals surface area contributed by atoms with Crippen LogP contribution >= 0.6 is 0 Å². The summed E-state index contributed by atoms with van der Waals surface area (Å²) in [6, 6.07) is 8.83. The molecule has 0 aliphatic heterocycles. The van der Waals surface area contributed by atoms with Crippen LogP contribution in [0.5, 0.6) is 0 Å². The summed E-state index contributed by atoms with van der Waals surface area (Å²) in [7, 11) is -3.51. The minimum atomic E-state index is -3.51. The van der Waals surface area contributed by atoms with E-state index in [4.69, 9.17) is 5.11 Å². The van der Waals surface area contributed by atoms with Gasteiger partial charge in [-0.15, -0.1) is 0 Å². The van der Waals surface area contributed by atoms with Crippen LogP contribution in [0.2, 0.25) is 0 Å². The van der Waals surface area contributed by atoms with Crippen LogP contribution in [0, 0.1) is 0 Å². The Kier molecular flexibility index (Phi) is 6.41. The van der Waals surface area contributed by atoms with E-state index in [1.165, 1.54) is 6.08 Å². The minimum absolute atomic E-state index is 0.0475. The van der Waals surface area contributed by atoms with Crippen LogP contribution in [-0.2, 0) is 14.8 Å². The van der Waals surface area contributed by atoms with Crippen molar-refractivity contribution >= 4 is 22.1 Å². The average Bonchev–Trinajstić information content (AvgIpc) is 2.37. The van der Waals surface area contributed by atoms with Crippen molar-refractivity contribution in [1.29, 1.82) is 0 Å². The van der Waals surface area contributed by atoms with Gasteiger partial charge < -0.3 is 5.11 Å². The zero-order valence-corrected chi connectivity index (χ0v) is 12.1. The smallest absolute Gasteiger partial charge is 0.303 e. The van der Waals surface area contributed by atoms with Gasteiger partial charge in [-0.3, -0.25) is 4.79 Å². The maximum Gasteiger partial charge on any atom is 0.303 e. The van der Waals surface area contributed by atoms with Gasteiger partial charge in [0.25, 0.3) is 0 Å². The van der Waals surface area contributed by atoms with Crippen LogP contribution in [0.1, 0.15) is 31.7 Å². The van der Waals surface area contributed by atoms with Crippen LogP contribution in [0.25, 0.3) is 6.08 Å². The lowest BCUT2D eigenvalue weighted by atomic mass is 10.1. The van der Waals surface area contributed by atoms with Crippen LogP contribution in [-0.4, -0.2) is 25.5 Å². The number of carboxylic acid groups (broad SMARTS) is 1. The van der Waals surface area contributed by atoms with Gasteiger partial charge in [0, 0.05) is 17.9 Å². The molecule has 1 aromatic carbocycles. The normalized spacial score (nSPS) is 13.4. The molecule has 20 heavy (non-hydrogen) atoms. The number of sulfonamides is 1. The summed E-state index contributed by atoms with van der Waals surface area (Å²) < 4.78 is 26.1. The van der Waals surface area contributed by atoms with E-state index in [0.717, 1.165) is 11.0 Å². The van der Waals surface area contributed by atoms with Gasteiger partial charge in [0.15, 0.2) is 0 Å². The van der Waals surface area contributed by atoms with E-state index < -0.39 is 16.0 Å². The Morgan fingerprint density at radius 1 is 1.35 bits per heavy atom. The molecule has 0 spiro atoms. The molecule has 0 radical (unpaired) electrons. The molecule has 2 N–H and O–H groups in total. The number of rotatable bonds is 8. The van der Waals surface area contributed by atoms with Gasteiger partial charge in [0.1, 0.15) is 0 Å². The zero-order valence-electron chi connectivity index (χ0n) is 11.3. The lowest BCUT2D eigenvalue weighted by molar-refractivity contribution is -0.137. The number of nitrogens with one attached hydrogen (secondary N) is 1. The summed E-state index contributed by atoms with van der Waals surface area (Å²) in [4.78, 5) is 10.4. The Morgan fingerprint density at radius 3 is 2.60 bits per heavy atom. The van der Waals surface area contributed by atoms with Crippen LogP contribution < -0.4 is 4.72 Å². The molecule has 0 saturated carbocycles. The monoisotopic (exact) mass is 297 g/mol. The Hall–Kier alpha value is -1.66. The lowest BCUT2D eigenvalue weighted by Crippen LogP contribution is -2.31. The summed E-state index contributed by atoms with van der Waals surface area (Å²) in [5.41, 5.74) is 0.802. The third-order valence-electron chi connectivity index (χ3n) is 2.63. The second-order valence-electron chi connectivity index (χ2n) is 4.56. The SMILES string of the molecule is CC(CCCC(=O)O)NS(=O)(=O)/C=C/c1ccccc1. The highest BCUT2D eigenvalue weighted by atomic mass is 32.2. The summed E-state index contributed by atoms with van der Waals surface area (Å²) in [5.74, 6) is -0.871. The number of carboxylic acids is 1. The molecule has 1 rings (SSSR count). The maximum absolute atomic E-state index is 11.8. The van der Waals surface area contributed by atoms with E-state index in [2.05, 4.69) is 4.72 Å². The molecule has 0 aliphatic carbocycles. The summed E-state index contributed by atoms with van der Waals surface area (Å²) >= 11 is 0. The fourth-order valence-corrected chi connectivity index (χ4v) is 2.76. The molecule has 0 amide bonds. The van der Waals surface area contributed by atoms with Gasteiger partial charge in [0.05, 0.1) is 0 Å². The van der Waals surface area contributed by atoms with Gasteiger partial charge >= 0.3 is 5.97 Å². The molecule has 0 saturated heterocycles. The van der Waals surface area contributed by atoms with E-state index in [9.17, 15) is 13.2 Å². The molecule has 5 nitrogen and oxygen atoms in total. The highest BCUT2D eigenvalue weighted by molar-refractivity contribution is 7.92. The van der Waals surface area contributed by atoms with Crippen molar-refractivity contribution in [1.82, 2.24) is 4.72 Å². The molecule has 110 valence electrons. The Balaban J connectivity index is 2.49. The third-order valence-corrected chi connectivity index (χ3v) is 3.86. The van der Waals surface area contributed by atoms with Crippen molar-refractivity contribution in [3.63, 3.8) is 0 Å². The molecule has 1 aromatic rings. The van der Waals surface area contributed by atoms with E-state index in [1.54, 1.807) is 6.92 Å². The first-order valence-corrected chi connectivity index (χ1v) is 7.91. The number of hydrogen-bond donors (Lipinski definition) is 2. The number of aliphatic carboxylic acids is 1. The zero-order chi connectivity index (χ0) is 15.0. The van der Waals surface area contributed by atoms with Crippen molar-refractivity contribution in [3.8, 4) is 0 Å². The van der Waals surface area contributed by atoms with Gasteiger partial charge in [-0.05, 0) is 31.4 Å². The molecule has 6 heteroatoms.